The molecule has 17 heavy (non-hydrogen) atoms. The Morgan fingerprint density at radius 1 is 1.29 bits per heavy atom. The summed E-state index contributed by atoms with van der Waals surface area (Å²) < 4.78 is 2.57. The van der Waals surface area contributed by atoms with Gasteiger partial charge in [0.1, 0.15) is 0 Å². The first-order chi connectivity index (χ1) is 7.93. The Bertz CT molecular complexity index is 486. The average Bonchev–Trinajstić information content (AvgIpc) is 2.27. The minimum Gasteiger partial charge on any atom is -0.312 e. The number of aromatic nitrogens is 2. The van der Waals surface area contributed by atoms with Crippen molar-refractivity contribution < 1.29 is 0 Å². The molecule has 0 aliphatic rings. The number of aryl methyl sites for hydroxylation is 1. The highest BCUT2D eigenvalue weighted by atomic mass is 16.2. The van der Waals surface area contributed by atoms with Gasteiger partial charge < -0.3 is 9.88 Å². The van der Waals surface area contributed by atoms with Gasteiger partial charge in [-0.05, 0) is 18.9 Å². The van der Waals surface area contributed by atoms with Crippen LogP contribution in [-0.2, 0) is 20.6 Å². The second-order valence-corrected chi connectivity index (χ2v) is 4.77. The lowest BCUT2D eigenvalue weighted by molar-refractivity contribution is 0.532. The van der Waals surface area contributed by atoms with Gasteiger partial charge in [-0.25, -0.2) is 4.79 Å². The van der Waals surface area contributed by atoms with Gasteiger partial charge in [0.25, 0.3) is 5.56 Å². The monoisotopic (exact) mass is 239 g/mol. The molecular weight excluding hydrogens is 218 g/mol. The molecule has 0 amide bonds. The molecule has 0 aliphatic carbocycles. The van der Waals surface area contributed by atoms with Gasteiger partial charge in [0, 0.05) is 32.4 Å². The summed E-state index contributed by atoms with van der Waals surface area (Å²) in [6.07, 6.45) is 2.68. The first-order valence-electron chi connectivity index (χ1n) is 5.89. The zero-order valence-corrected chi connectivity index (χ0v) is 11.0. The molecule has 1 N–H and O–H groups in total. The summed E-state index contributed by atoms with van der Waals surface area (Å²) in [6.45, 7) is 5.71. The first kappa shape index (κ1) is 13.7. The molecule has 1 rings (SSSR count). The highest BCUT2D eigenvalue weighted by Gasteiger charge is 2.06. The molecule has 1 aromatic heterocycles. The van der Waals surface area contributed by atoms with Crippen molar-refractivity contribution in [2.45, 2.75) is 26.8 Å². The minimum absolute atomic E-state index is 0.217. The molecule has 0 spiro atoms. The molecule has 0 bridgehead atoms. The van der Waals surface area contributed by atoms with Gasteiger partial charge in [-0.2, -0.15) is 0 Å². The van der Waals surface area contributed by atoms with Crippen molar-refractivity contribution in [3.8, 4) is 0 Å². The Morgan fingerprint density at radius 3 is 2.53 bits per heavy atom. The van der Waals surface area contributed by atoms with E-state index in [4.69, 9.17) is 0 Å². The van der Waals surface area contributed by atoms with Gasteiger partial charge in [-0.15, -0.1) is 0 Å². The maximum absolute atomic E-state index is 11.8. The van der Waals surface area contributed by atoms with Gasteiger partial charge in [-0.3, -0.25) is 9.36 Å². The maximum Gasteiger partial charge on any atom is 0.330 e. The minimum atomic E-state index is -0.291. The van der Waals surface area contributed by atoms with E-state index in [1.807, 2.05) is 0 Å². The lowest BCUT2D eigenvalue weighted by atomic mass is 10.1. The van der Waals surface area contributed by atoms with E-state index < -0.39 is 0 Å². The van der Waals surface area contributed by atoms with Crippen LogP contribution in [-0.4, -0.2) is 15.7 Å². The number of hydrogen-bond acceptors (Lipinski definition) is 3. The lowest BCUT2D eigenvalue weighted by Crippen LogP contribution is -2.39. The van der Waals surface area contributed by atoms with Crippen LogP contribution in [0.4, 0.5) is 0 Å². The molecule has 1 heterocycles. The van der Waals surface area contributed by atoms with Crippen molar-refractivity contribution in [2.24, 2.45) is 20.0 Å². The summed E-state index contributed by atoms with van der Waals surface area (Å²) in [6, 6.07) is 0. The number of hydrogen-bond donors (Lipinski definition) is 1. The van der Waals surface area contributed by atoms with E-state index in [0.717, 1.165) is 17.5 Å². The van der Waals surface area contributed by atoms with Crippen molar-refractivity contribution >= 4 is 0 Å². The molecule has 0 aliphatic heterocycles. The van der Waals surface area contributed by atoms with Gasteiger partial charge in [-0.1, -0.05) is 13.8 Å². The van der Waals surface area contributed by atoms with Crippen molar-refractivity contribution in [3.63, 3.8) is 0 Å². The highest BCUT2D eigenvalue weighted by molar-refractivity contribution is 5.05. The normalized spacial score (nSPS) is 11.1. The van der Waals surface area contributed by atoms with Crippen molar-refractivity contribution in [3.05, 3.63) is 32.6 Å². The van der Waals surface area contributed by atoms with Crippen LogP contribution in [0.1, 0.15) is 25.8 Å². The molecule has 1 aromatic rings. The van der Waals surface area contributed by atoms with Crippen LogP contribution in [0.3, 0.4) is 0 Å². The summed E-state index contributed by atoms with van der Waals surface area (Å²) >= 11 is 0. The number of rotatable bonds is 5. The van der Waals surface area contributed by atoms with E-state index >= 15 is 0 Å². The standard InChI is InChI=1S/C12H21N3O2/c1-9(2)5-6-13-7-10-8-14(3)12(17)15(4)11(10)16/h8-9,13H,5-7H2,1-4H3. The van der Waals surface area contributed by atoms with Gasteiger partial charge in [0.15, 0.2) is 0 Å². The topological polar surface area (TPSA) is 56.0 Å². The zero-order valence-electron chi connectivity index (χ0n) is 11.0. The first-order valence-corrected chi connectivity index (χ1v) is 5.89. The molecule has 0 atom stereocenters. The largest absolute Gasteiger partial charge is 0.330 e. The van der Waals surface area contributed by atoms with Crippen LogP contribution in [0.15, 0.2) is 15.8 Å². The molecule has 0 radical (unpaired) electrons. The Hall–Kier alpha value is -1.36. The Morgan fingerprint density at radius 2 is 1.94 bits per heavy atom. The third kappa shape index (κ3) is 3.56. The predicted octanol–water partition coefficient (Wildman–Crippen LogP) is 0.220. The van der Waals surface area contributed by atoms with Crippen molar-refractivity contribution in [2.75, 3.05) is 6.54 Å². The molecule has 96 valence electrons. The Balaban J connectivity index is 2.73. The molecule has 0 saturated carbocycles. The summed E-state index contributed by atoms with van der Waals surface area (Å²) in [5.41, 5.74) is 0.115. The van der Waals surface area contributed by atoms with Gasteiger partial charge in [0.05, 0.1) is 0 Å². The van der Waals surface area contributed by atoms with Crippen molar-refractivity contribution in [1.29, 1.82) is 0 Å². The van der Waals surface area contributed by atoms with E-state index in [-0.39, 0.29) is 11.2 Å². The fourth-order valence-electron chi connectivity index (χ4n) is 1.62. The molecule has 5 heteroatoms. The molecule has 0 unspecified atom stereocenters. The van der Waals surface area contributed by atoms with E-state index in [0.29, 0.717) is 18.0 Å². The summed E-state index contributed by atoms with van der Waals surface area (Å²) in [5.74, 6) is 0.644. The second kappa shape index (κ2) is 5.82. The van der Waals surface area contributed by atoms with E-state index in [1.54, 1.807) is 13.2 Å². The van der Waals surface area contributed by atoms with Crippen LogP contribution in [0.5, 0.6) is 0 Å². The lowest BCUT2D eigenvalue weighted by Gasteiger charge is -2.09. The molecular formula is C12H21N3O2. The molecule has 5 nitrogen and oxygen atoms in total. The highest BCUT2D eigenvalue weighted by Crippen LogP contribution is 1.96. The van der Waals surface area contributed by atoms with Crippen LogP contribution in [0.25, 0.3) is 0 Å². The maximum atomic E-state index is 11.8. The van der Waals surface area contributed by atoms with E-state index in [2.05, 4.69) is 19.2 Å². The van der Waals surface area contributed by atoms with E-state index in [9.17, 15) is 9.59 Å². The van der Waals surface area contributed by atoms with E-state index in [1.165, 1.54) is 11.6 Å². The number of nitrogens with zero attached hydrogens (tertiary/aromatic N) is 2. The average molecular weight is 239 g/mol. The third-order valence-electron chi connectivity index (χ3n) is 2.73. The zero-order chi connectivity index (χ0) is 13.0. The number of nitrogens with one attached hydrogen (secondary N) is 1. The summed E-state index contributed by atoms with van der Waals surface area (Å²) in [5, 5.41) is 3.22. The Kier molecular flexibility index (Phi) is 4.69. The van der Waals surface area contributed by atoms with Gasteiger partial charge in [0.2, 0.25) is 0 Å². The van der Waals surface area contributed by atoms with Crippen LogP contribution in [0, 0.1) is 5.92 Å². The molecule has 0 fully saturated rings. The van der Waals surface area contributed by atoms with Crippen molar-refractivity contribution in [1.82, 2.24) is 14.5 Å². The fraction of sp³-hybridized carbons (Fsp3) is 0.667. The fourth-order valence-corrected chi connectivity index (χ4v) is 1.62. The SMILES string of the molecule is CC(C)CCNCc1cn(C)c(=O)n(C)c1=O. The molecule has 0 aromatic carbocycles. The van der Waals surface area contributed by atoms with Crippen LogP contribution < -0.4 is 16.6 Å². The second-order valence-electron chi connectivity index (χ2n) is 4.77. The molecule has 0 saturated heterocycles. The quantitative estimate of drug-likeness (QED) is 0.748. The smallest absolute Gasteiger partial charge is 0.312 e. The third-order valence-corrected chi connectivity index (χ3v) is 2.73. The summed E-state index contributed by atoms with van der Waals surface area (Å²) in [4.78, 5) is 23.2. The van der Waals surface area contributed by atoms with Crippen LogP contribution in [0.2, 0.25) is 0 Å². The van der Waals surface area contributed by atoms with Gasteiger partial charge >= 0.3 is 5.69 Å². The predicted molar refractivity (Wildman–Crippen MR) is 68.1 cm³/mol. The van der Waals surface area contributed by atoms with Crippen LogP contribution >= 0.6 is 0 Å². The Labute approximate surface area is 101 Å². The summed E-state index contributed by atoms with van der Waals surface area (Å²) in [7, 11) is 3.15.